The van der Waals surface area contributed by atoms with Crippen molar-refractivity contribution < 1.29 is 19.4 Å². The zero-order chi connectivity index (χ0) is 17.5. The smallest absolute Gasteiger partial charge is 0.354 e. The molecule has 5 heteroatoms. The summed E-state index contributed by atoms with van der Waals surface area (Å²) in [5.74, 6) is -0.538. The van der Waals surface area contributed by atoms with E-state index < -0.39 is 5.97 Å². The van der Waals surface area contributed by atoms with Crippen LogP contribution in [0.4, 0.5) is 0 Å². The third-order valence-corrected chi connectivity index (χ3v) is 3.50. The fraction of sp³-hybridized carbons (Fsp3) is 0.100. The lowest BCUT2D eigenvalue weighted by atomic mass is 10.2. The summed E-state index contributed by atoms with van der Waals surface area (Å²) in [4.78, 5) is 15.2. The molecule has 0 radical (unpaired) electrons. The summed E-state index contributed by atoms with van der Waals surface area (Å²) in [6.45, 7) is 0.620. The molecule has 0 aliphatic heterocycles. The Balaban J connectivity index is 1.77. The minimum atomic E-state index is -1.11. The zero-order valence-corrected chi connectivity index (χ0v) is 13.5. The molecule has 25 heavy (non-hydrogen) atoms. The molecular formula is C20H17NO4. The second kappa shape index (κ2) is 7.97. The van der Waals surface area contributed by atoms with Crippen molar-refractivity contribution in [3.05, 3.63) is 89.6 Å². The molecule has 0 saturated carbocycles. The Morgan fingerprint density at radius 2 is 1.36 bits per heavy atom. The number of nitrogens with zero attached hydrogens (tertiary/aromatic N) is 1. The molecule has 0 atom stereocenters. The minimum absolute atomic E-state index is 0.0878. The molecule has 0 bridgehead atoms. The number of aromatic carboxylic acids is 1. The first-order chi connectivity index (χ1) is 12.2. The molecule has 2 aromatic carbocycles. The highest BCUT2D eigenvalue weighted by molar-refractivity contribution is 5.85. The van der Waals surface area contributed by atoms with Crippen LogP contribution in [0.2, 0.25) is 0 Å². The predicted molar refractivity (Wildman–Crippen MR) is 92.7 cm³/mol. The highest BCUT2D eigenvalue weighted by Crippen LogP contribution is 2.27. The summed E-state index contributed by atoms with van der Waals surface area (Å²) < 4.78 is 11.5. The minimum Gasteiger partial charge on any atom is -0.483 e. The van der Waals surface area contributed by atoms with Crippen LogP contribution in [0.25, 0.3) is 0 Å². The molecule has 0 fully saturated rings. The lowest BCUT2D eigenvalue weighted by Crippen LogP contribution is -2.06. The summed E-state index contributed by atoms with van der Waals surface area (Å²) in [6.07, 6.45) is 0. The number of benzene rings is 2. The number of rotatable bonds is 7. The van der Waals surface area contributed by atoms with Crippen molar-refractivity contribution in [2.75, 3.05) is 0 Å². The van der Waals surface area contributed by atoms with Crippen molar-refractivity contribution in [3.63, 3.8) is 0 Å². The van der Waals surface area contributed by atoms with Crippen LogP contribution in [0, 0.1) is 0 Å². The molecule has 0 spiro atoms. The average Bonchev–Trinajstić information content (AvgIpc) is 2.66. The van der Waals surface area contributed by atoms with E-state index >= 15 is 0 Å². The SMILES string of the molecule is O=C(O)c1ccc(OCc2ccccc2)c(OCc2ccccc2)n1. The van der Waals surface area contributed by atoms with E-state index in [1.54, 1.807) is 6.07 Å². The van der Waals surface area contributed by atoms with Crippen LogP contribution in [0.5, 0.6) is 11.6 Å². The van der Waals surface area contributed by atoms with Gasteiger partial charge < -0.3 is 14.6 Å². The van der Waals surface area contributed by atoms with Gasteiger partial charge in [0.05, 0.1) is 0 Å². The van der Waals surface area contributed by atoms with Crippen LogP contribution in [-0.2, 0) is 13.2 Å². The maximum absolute atomic E-state index is 11.2. The van der Waals surface area contributed by atoms with Gasteiger partial charge in [0.2, 0.25) is 0 Å². The molecular weight excluding hydrogens is 318 g/mol. The van der Waals surface area contributed by atoms with Crippen LogP contribution in [0.3, 0.4) is 0 Å². The Bertz CT molecular complexity index is 835. The Morgan fingerprint density at radius 3 is 1.92 bits per heavy atom. The van der Waals surface area contributed by atoms with E-state index in [1.807, 2.05) is 60.7 Å². The molecule has 3 rings (SSSR count). The van der Waals surface area contributed by atoms with Gasteiger partial charge >= 0.3 is 5.97 Å². The molecule has 0 unspecified atom stereocenters. The van der Waals surface area contributed by atoms with Crippen LogP contribution in [-0.4, -0.2) is 16.1 Å². The van der Waals surface area contributed by atoms with Gasteiger partial charge in [0.1, 0.15) is 13.2 Å². The van der Waals surface area contributed by atoms with E-state index in [1.165, 1.54) is 6.07 Å². The van der Waals surface area contributed by atoms with Gasteiger partial charge in [-0.15, -0.1) is 0 Å². The Labute approximate surface area is 145 Å². The van der Waals surface area contributed by atoms with Gasteiger partial charge in [-0.1, -0.05) is 60.7 Å². The maximum atomic E-state index is 11.2. The van der Waals surface area contributed by atoms with Crippen molar-refractivity contribution in [2.24, 2.45) is 0 Å². The van der Waals surface area contributed by atoms with E-state index in [9.17, 15) is 4.79 Å². The number of carboxylic acid groups (broad SMARTS) is 1. The first kappa shape index (κ1) is 16.5. The van der Waals surface area contributed by atoms with E-state index in [0.29, 0.717) is 12.4 Å². The van der Waals surface area contributed by atoms with Crippen molar-refractivity contribution >= 4 is 5.97 Å². The molecule has 0 saturated heterocycles. The van der Waals surface area contributed by atoms with Crippen LogP contribution in [0.15, 0.2) is 72.8 Å². The maximum Gasteiger partial charge on any atom is 0.354 e. The van der Waals surface area contributed by atoms with Crippen molar-refractivity contribution in [2.45, 2.75) is 13.2 Å². The summed E-state index contributed by atoms with van der Waals surface area (Å²) >= 11 is 0. The number of pyridine rings is 1. The second-order valence-corrected chi connectivity index (χ2v) is 5.35. The fourth-order valence-corrected chi connectivity index (χ4v) is 2.22. The topological polar surface area (TPSA) is 68.7 Å². The number of carbonyl (C=O) groups is 1. The van der Waals surface area contributed by atoms with Crippen molar-refractivity contribution in [1.29, 1.82) is 0 Å². The molecule has 3 aromatic rings. The highest BCUT2D eigenvalue weighted by atomic mass is 16.5. The first-order valence-electron chi connectivity index (χ1n) is 7.80. The van der Waals surface area contributed by atoms with Crippen molar-refractivity contribution in [1.82, 2.24) is 4.98 Å². The average molecular weight is 335 g/mol. The van der Waals surface area contributed by atoms with Gasteiger partial charge in [0.25, 0.3) is 5.88 Å². The zero-order valence-electron chi connectivity index (χ0n) is 13.5. The predicted octanol–water partition coefficient (Wildman–Crippen LogP) is 3.94. The van der Waals surface area contributed by atoms with Gasteiger partial charge in [-0.3, -0.25) is 0 Å². The summed E-state index contributed by atoms with van der Waals surface area (Å²) in [5, 5.41) is 9.13. The van der Waals surface area contributed by atoms with Crippen LogP contribution in [0.1, 0.15) is 21.6 Å². The molecule has 0 amide bonds. The lowest BCUT2D eigenvalue weighted by molar-refractivity contribution is 0.0688. The summed E-state index contributed by atoms with van der Waals surface area (Å²) in [7, 11) is 0. The lowest BCUT2D eigenvalue weighted by Gasteiger charge is -2.12. The summed E-state index contributed by atoms with van der Waals surface area (Å²) in [5.41, 5.74) is 1.87. The van der Waals surface area contributed by atoms with E-state index in [2.05, 4.69) is 4.98 Å². The molecule has 126 valence electrons. The van der Waals surface area contributed by atoms with E-state index in [0.717, 1.165) is 11.1 Å². The number of hydrogen-bond donors (Lipinski definition) is 1. The number of carboxylic acids is 1. The van der Waals surface area contributed by atoms with Gasteiger partial charge in [-0.05, 0) is 23.3 Å². The molecule has 0 aliphatic rings. The summed E-state index contributed by atoms with van der Waals surface area (Å²) in [6, 6.07) is 22.2. The number of aromatic nitrogens is 1. The van der Waals surface area contributed by atoms with Crippen LogP contribution < -0.4 is 9.47 Å². The number of ether oxygens (including phenoxy) is 2. The second-order valence-electron chi connectivity index (χ2n) is 5.35. The first-order valence-corrected chi connectivity index (χ1v) is 7.80. The quantitative estimate of drug-likeness (QED) is 0.708. The normalized spacial score (nSPS) is 10.2. The Hall–Kier alpha value is -3.34. The standard InChI is InChI=1S/C20H17NO4/c22-20(23)17-11-12-18(24-13-15-7-3-1-4-8-15)19(21-17)25-14-16-9-5-2-6-10-16/h1-12H,13-14H2,(H,22,23). The van der Waals surface area contributed by atoms with Crippen LogP contribution >= 0.6 is 0 Å². The number of hydrogen-bond acceptors (Lipinski definition) is 4. The van der Waals surface area contributed by atoms with Gasteiger partial charge in [-0.25, -0.2) is 9.78 Å². The molecule has 1 heterocycles. The Morgan fingerprint density at radius 1 is 0.800 bits per heavy atom. The van der Waals surface area contributed by atoms with Gasteiger partial charge in [0.15, 0.2) is 11.4 Å². The molecule has 0 aliphatic carbocycles. The van der Waals surface area contributed by atoms with E-state index in [4.69, 9.17) is 14.6 Å². The van der Waals surface area contributed by atoms with Gasteiger partial charge in [-0.2, -0.15) is 0 Å². The fourth-order valence-electron chi connectivity index (χ4n) is 2.22. The third-order valence-electron chi connectivity index (χ3n) is 3.50. The highest BCUT2D eigenvalue weighted by Gasteiger charge is 2.13. The molecule has 5 nitrogen and oxygen atoms in total. The van der Waals surface area contributed by atoms with E-state index in [-0.39, 0.29) is 18.2 Å². The van der Waals surface area contributed by atoms with Gasteiger partial charge in [0, 0.05) is 0 Å². The van der Waals surface area contributed by atoms with Crippen molar-refractivity contribution in [3.8, 4) is 11.6 Å². The largest absolute Gasteiger partial charge is 0.483 e. The third kappa shape index (κ3) is 4.57. The molecule has 1 N–H and O–H groups in total. The molecule has 1 aromatic heterocycles. The monoisotopic (exact) mass is 335 g/mol. The Kier molecular flexibility index (Phi) is 5.26.